The van der Waals surface area contributed by atoms with Gasteiger partial charge in [0.25, 0.3) is 0 Å². The summed E-state index contributed by atoms with van der Waals surface area (Å²) >= 11 is 1.43. The van der Waals surface area contributed by atoms with Gasteiger partial charge in [0.15, 0.2) is 5.16 Å². The van der Waals surface area contributed by atoms with Gasteiger partial charge in [-0.05, 0) is 61.4 Å². The molecule has 2 heterocycles. The molecule has 6 nitrogen and oxygen atoms in total. The summed E-state index contributed by atoms with van der Waals surface area (Å²) in [5.41, 5.74) is 5.42. The van der Waals surface area contributed by atoms with E-state index < -0.39 is 0 Å². The highest BCUT2D eigenvalue weighted by atomic mass is 32.2. The van der Waals surface area contributed by atoms with Crippen LogP contribution in [0.3, 0.4) is 0 Å². The van der Waals surface area contributed by atoms with Gasteiger partial charge in [0.1, 0.15) is 0 Å². The van der Waals surface area contributed by atoms with Crippen LogP contribution in [0.2, 0.25) is 0 Å². The summed E-state index contributed by atoms with van der Waals surface area (Å²) in [5, 5.41) is 3.78. The summed E-state index contributed by atoms with van der Waals surface area (Å²) in [7, 11) is 0. The predicted molar refractivity (Wildman–Crippen MR) is 122 cm³/mol. The van der Waals surface area contributed by atoms with Gasteiger partial charge in [0.05, 0.1) is 19.0 Å². The van der Waals surface area contributed by atoms with Gasteiger partial charge >= 0.3 is 0 Å². The number of aryl methyl sites for hydroxylation is 2. The minimum atomic E-state index is -0.0471. The number of benzene rings is 2. The number of rotatable bonds is 6. The van der Waals surface area contributed by atoms with Gasteiger partial charge in [-0.1, -0.05) is 17.8 Å². The fourth-order valence-electron chi connectivity index (χ4n) is 3.59. The zero-order chi connectivity index (χ0) is 20.9. The van der Waals surface area contributed by atoms with E-state index in [2.05, 4.69) is 47.2 Å². The van der Waals surface area contributed by atoms with E-state index in [1.54, 1.807) is 6.20 Å². The quantitative estimate of drug-likeness (QED) is 0.607. The van der Waals surface area contributed by atoms with Gasteiger partial charge in [0, 0.05) is 42.5 Å². The maximum Gasteiger partial charge on any atom is 0.234 e. The van der Waals surface area contributed by atoms with Crippen molar-refractivity contribution < 1.29 is 9.53 Å². The molecule has 0 bridgehead atoms. The maximum atomic E-state index is 12.5. The van der Waals surface area contributed by atoms with Crippen LogP contribution in [-0.4, -0.2) is 47.5 Å². The fraction of sp³-hybridized carbons (Fsp3) is 0.304. The number of morpholine rings is 1. The summed E-state index contributed by atoms with van der Waals surface area (Å²) < 4.78 is 7.42. The summed E-state index contributed by atoms with van der Waals surface area (Å²) in [6.45, 7) is 7.47. The first-order valence-corrected chi connectivity index (χ1v) is 11.0. The highest BCUT2D eigenvalue weighted by Crippen LogP contribution is 2.23. The average Bonchev–Trinajstić information content (AvgIpc) is 3.22. The Morgan fingerprint density at radius 1 is 1.07 bits per heavy atom. The van der Waals surface area contributed by atoms with Crippen LogP contribution >= 0.6 is 11.8 Å². The van der Waals surface area contributed by atoms with E-state index in [0.717, 1.165) is 48.5 Å². The summed E-state index contributed by atoms with van der Waals surface area (Å²) in [6, 6.07) is 14.4. The van der Waals surface area contributed by atoms with E-state index in [1.165, 1.54) is 22.9 Å². The van der Waals surface area contributed by atoms with Crippen LogP contribution in [0.1, 0.15) is 11.1 Å². The number of nitrogens with zero attached hydrogens (tertiary/aromatic N) is 3. The first-order valence-electron chi connectivity index (χ1n) is 10.1. The van der Waals surface area contributed by atoms with E-state index in [9.17, 15) is 4.79 Å². The lowest BCUT2D eigenvalue weighted by molar-refractivity contribution is -0.113. The lowest BCUT2D eigenvalue weighted by atomic mass is 10.1. The van der Waals surface area contributed by atoms with E-state index in [4.69, 9.17) is 4.74 Å². The number of anilines is 2. The molecule has 1 N–H and O–H groups in total. The zero-order valence-electron chi connectivity index (χ0n) is 17.3. The Balaban J connectivity index is 1.35. The number of thioether (sulfide) groups is 1. The topological polar surface area (TPSA) is 59.4 Å². The molecule has 30 heavy (non-hydrogen) atoms. The van der Waals surface area contributed by atoms with Crippen molar-refractivity contribution in [1.82, 2.24) is 9.55 Å². The molecule has 1 fully saturated rings. The van der Waals surface area contributed by atoms with Gasteiger partial charge in [-0.15, -0.1) is 0 Å². The Kier molecular flexibility index (Phi) is 6.40. The Morgan fingerprint density at radius 3 is 2.47 bits per heavy atom. The van der Waals surface area contributed by atoms with Crippen LogP contribution in [0.5, 0.6) is 0 Å². The molecule has 1 aromatic heterocycles. The second-order valence-electron chi connectivity index (χ2n) is 7.41. The largest absolute Gasteiger partial charge is 0.378 e. The SMILES string of the molecule is Cc1cc(C)cc(-n2ccnc2SCC(=O)Nc2ccc(N3CCOCC3)cc2)c1. The number of hydrogen-bond donors (Lipinski definition) is 1. The van der Waals surface area contributed by atoms with E-state index in [-0.39, 0.29) is 5.91 Å². The van der Waals surface area contributed by atoms with Crippen LogP contribution < -0.4 is 10.2 Å². The van der Waals surface area contributed by atoms with Gasteiger partial charge in [-0.25, -0.2) is 4.98 Å². The Morgan fingerprint density at radius 2 is 1.77 bits per heavy atom. The molecule has 0 radical (unpaired) electrons. The second-order valence-corrected chi connectivity index (χ2v) is 8.35. The lowest BCUT2D eigenvalue weighted by Crippen LogP contribution is -2.36. The zero-order valence-corrected chi connectivity index (χ0v) is 18.1. The van der Waals surface area contributed by atoms with Crippen LogP contribution in [-0.2, 0) is 9.53 Å². The molecule has 1 aliphatic rings. The van der Waals surface area contributed by atoms with Gasteiger partial charge in [0.2, 0.25) is 5.91 Å². The Labute approximate surface area is 181 Å². The minimum absolute atomic E-state index is 0.0471. The predicted octanol–water partition coefficient (Wildman–Crippen LogP) is 4.06. The van der Waals surface area contributed by atoms with Crippen molar-refractivity contribution in [1.29, 1.82) is 0 Å². The third-order valence-electron chi connectivity index (χ3n) is 4.95. The van der Waals surface area contributed by atoms with Crippen LogP contribution in [0.25, 0.3) is 5.69 Å². The van der Waals surface area contributed by atoms with Gasteiger partial charge in [-0.2, -0.15) is 0 Å². The van der Waals surface area contributed by atoms with Crippen molar-refractivity contribution in [3.05, 3.63) is 66.0 Å². The number of imidazole rings is 1. The molecule has 4 rings (SSSR count). The number of ether oxygens (including phenoxy) is 1. The molecule has 1 aliphatic heterocycles. The van der Waals surface area contributed by atoms with Crippen LogP contribution in [0.15, 0.2) is 60.0 Å². The fourth-order valence-corrected chi connectivity index (χ4v) is 4.36. The van der Waals surface area contributed by atoms with Gasteiger partial charge < -0.3 is 15.0 Å². The summed E-state index contributed by atoms with van der Waals surface area (Å²) in [5.74, 6) is 0.252. The van der Waals surface area contributed by atoms with Crippen molar-refractivity contribution in [3.63, 3.8) is 0 Å². The number of amides is 1. The summed E-state index contributed by atoms with van der Waals surface area (Å²) in [6.07, 6.45) is 3.70. The average molecular weight is 423 g/mol. The highest BCUT2D eigenvalue weighted by molar-refractivity contribution is 7.99. The third kappa shape index (κ3) is 5.04. The molecular formula is C23H26N4O2S. The molecule has 0 aliphatic carbocycles. The standard InChI is InChI=1S/C23H26N4O2S/c1-17-13-18(2)15-21(14-17)27-8-7-24-23(27)30-16-22(28)25-19-3-5-20(6-4-19)26-9-11-29-12-10-26/h3-8,13-15H,9-12,16H2,1-2H3,(H,25,28). The molecule has 0 unspecified atom stereocenters. The second kappa shape index (κ2) is 9.36. The summed E-state index contributed by atoms with van der Waals surface area (Å²) in [4.78, 5) is 19.2. The first kappa shape index (κ1) is 20.5. The smallest absolute Gasteiger partial charge is 0.234 e. The Hall–Kier alpha value is -2.77. The molecule has 2 aromatic carbocycles. The number of carbonyl (C=O) groups is 1. The molecule has 156 valence electrons. The van der Waals surface area contributed by atoms with E-state index in [1.807, 2.05) is 35.0 Å². The third-order valence-corrected chi connectivity index (χ3v) is 5.92. The number of aromatic nitrogens is 2. The normalized spacial score (nSPS) is 14.0. The molecule has 0 saturated carbocycles. The van der Waals surface area contributed by atoms with Crippen molar-refractivity contribution in [3.8, 4) is 5.69 Å². The molecule has 0 spiro atoms. The van der Waals surface area contributed by atoms with Gasteiger partial charge in [-0.3, -0.25) is 9.36 Å². The van der Waals surface area contributed by atoms with Crippen molar-refractivity contribution >= 4 is 29.0 Å². The monoisotopic (exact) mass is 422 g/mol. The van der Waals surface area contributed by atoms with Crippen LogP contribution in [0.4, 0.5) is 11.4 Å². The van der Waals surface area contributed by atoms with E-state index >= 15 is 0 Å². The number of hydrogen-bond acceptors (Lipinski definition) is 5. The molecule has 3 aromatic rings. The molecule has 0 atom stereocenters. The molecule has 1 saturated heterocycles. The van der Waals surface area contributed by atoms with Crippen molar-refractivity contribution in [2.45, 2.75) is 19.0 Å². The number of carbonyl (C=O) groups excluding carboxylic acids is 1. The first-order chi connectivity index (χ1) is 14.6. The minimum Gasteiger partial charge on any atom is -0.378 e. The number of nitrogens with one attached hydrogen (secondary N) is 1. The Bertz CT molecular complexity index is 990. The van der Waals surface area contributed by atoms with E-state index in [0.29, 0.717) is 5.75 Å². The maximum absolute atomic E-state index is 12.5. The van der Waals surface area contributed by atoms with Crippen molar-refractivity contribution in [2.75, 3.05) is 42.3 Å². The molecule has 7 heteroatoms. The van der Waals surface area contributed by atoms with Crippen LogP contribution in [0, 0.1) is 13.8 Å². The van der Waals surface area contributed by atoms with Crippen molar-refractivity contribution in [2.24, 2.45) is 0 Å². The highest BCUT2D eigenvalue weighted by Gasteiger charge is 2.12. The lowest BCUT2D eigenvalue weighted by Gasteiger charge is -2.28. The molecular weight excluding hydrogens is 396 g/mol. The molecule has 1 amide bonds.